The maximum Gasteiger partial charge on any atom is 0.306 e. The first-order valence-electron chi connectivity index (χ1n) is 26.6. The lowest BCUT2D eigenvalue weighted by Gasteiger charge is -2.18. The summed E-state index contributed by atoms with van der Waals surface area (Å²) >= 11 is 0. The van der Waals surface area contributed by atoms with Crippen LogP contribution in [0.15, 0.2) is 122 Å². The van der Waals surface area contributed by atoms with Crippen molar-refractivity contribution in [3.63, 3.8) is 0 Å². The van der Waals surface area contributed by atoms with E-state index in [0.717, 1.165) is 89.9 Å². The zero-order valence-electron chi connectivity index (χ0n) is 42.4. The van der Waals surface area contributed by atoms with Crippen molar-refractivity contribution >= 4 is 17.9 Å². The third-order valence-electron chi connectivity index (χ3n) is 10.8. The van der Waals surface area contributed by atoms with Gasteiger partial charge in [-0.25, -0.2) is 0 Å². The van der Waals surface area contributed by atoms with Crippen LogP contribution in [-0.4, -0.2) is 37.2 Å². The summed E-state index contributed by atoms with van der Waals surface area (Å²) in [5.41, 5.74) is 0. The van der Waals surface area contributed by atoms with E-state index in [0.29, 0.717) is 19.3 Å². The first kappa shape index (κ1) is 61.8. The zero-order chi connectivity index (χ0) is 47.9. The van der Waals surface area contributed by atoms with Gasteiger partial charge >= 0.3 is 17.9 Å². The number of carbonyl (C=O) groups is 3. The highest BCUT2D eigenvalue weighted by Gasteiger charge is 2.19. The van der Waals surface area contributed by atoms with Crippen molar-refractivity contribution in [2.24, 2.45) is 0 Å². The minimum absolute atomic E-state index is 0.123. The Bertz CT molecular complexity index is 1420. The average Bonchev–Trinajstić information content (AvgIpc) is 3.31. The highest BCUT2D eigenvalue weighted by atomic mass is 16.6. The van der Waals surface area contributed by atoms with Crippen LogP contribution in [0.25, 0.3) is 0 Å². The Hall–Kier alpha value is -4.19. The molecule has 0 aliphatic heterocycles. The molecule has 6 nitrogen and oxygen atoms in total. The number of rotatable bonds is 46. The van der Waals surface area contributed by atoms with E-state index >= 15 is 0 Å². The number of hydrogen-bond acceptors (Lipinski definition) is 6. The van der Waals surface area contributed by atoms with Crippen LogP contribution in [0, 0.1) is 0 Å². The number of hydrogen-bond donors (Lipinski definition) is 0. The van der Waals surface area contributed by atoms with Gasteiger partial charge in [-0.1, -0.05) is 245 Å². The summed E-state index contributed by atoms with van der Waals surface area (Å²) in [6, 6.07) is 0. The molecule has 0 radical (unpaired) electrons. The first-order chi connectivity index (χ1) is 32.5. The van der Waals surface area contributed by atoms with Gasteiger partial charge in [0.15, 0.2) is 6.10 Å². The van der Waals surface area contributed by atoms with Crippen molar-refractivity contribution in [1.29, 1.82) is 0 Å². The molecule has 0 aromatic heterocycles. The van der Waals surface area contributed by atoms with Crippen molar-refractivity contribution in [3.05, 3.63) is 122 Å². The summed E-state index contributed by atoms with van der Waals surface area (Å²) in [7, 11) is 0. The molecule has 1 atom stereocenters. The number of ether oxygens (including phenoxy) is 3. The SMILES string of the molecule is CC/C=C/C=C/C=C/C=C/CCCCCC(=O)OCC(COC(=O)CC/C=C/C/C=C/C/C=C/C/C=C/C/C=C/C/C=C/CC)OC(=O)CCCCCCCCCCCCCCCCCC. The summed E-state index contributed by atoms with van der Waals surface area (Å²) in [5.74, 6) is -1.05. The molecule has 0 bridgehead atoms. The van der Waals surface area contributed by atoms with Crippen molar-refractivity contribution in [2.45, 2.75) is 226 Å². The number of allylic oxidation sites excluding steroid dienone is 20. The zero-order valence-corrected chi connectivity index (χ0v) is 42.4. The van der Waals surface area contributed by atoms with Gasteiger partial charge in [0.2, 0.25) is 0 Å². The Labute approximate surface area is 405 Å². The lowest BCUT2D eigenvalue weighted by atomic mass is 10.0. The molecular formula is C60H96O6. The Kier molecular flexibility index (Phi) is 50.0. The van der Waals surface area contributed by atoms with Crippen LogP contribution in [0.4, 0.5) is 0 Å². The second-order valence-electron chi connectivity index (χ2n) is 17.1. The molecule has 0 aromatic rings. The van der Waals surface area contributed by atoms with Crippen LogP contribution in [0.2, 0.25) is 0 Å². The molecule has 0 saturated heterocycles. The molecule has 6 heteroatoms. The molecule has 0 fully saturated rings. The van der Waals surface area contributed by atoms with Gasteiger partial charge < -0.3 is 14.2 Å². The fraction of sp³-hybridized carbons (Fsp3) is 0.617. The third-order valence-corrected chi connectivity index (χ3v) is 10.8. The molecule has 1 unspecified atom stereocenters. The molecule has 372 valence electrons. The van der Waals surface area contributed by atoms with Gasteiger partial charge in [0.1, 0.15) is 13.2 Å². The summed E-state index contributed by atoms with van der Waals surface area (Å²) in [4.78, 5) is 38.0. The van der Waals surface area contributed by atoms with E-state index in [2.05, 4.69) is 93.7 Å². The topological polar surface area (TPSA) is 78.9 Å². The Morgan fingerprint density at radius 2 is 0.697 bits per heavy atom. The molecule has 0 aliphatic rings. The minimum atomic E-state index is -0.826. The lowest BCUT2D eigenvalue weighted by Crippen LogP contribution is -2.30. The molecule has 0 aliphatic carbocycles. The van der Waals surface area contributed by atoms with E-state index < -0.39 is 6.10 Å². The van der Waals surface area contributed by atoms with Gasteiger partial charge in [-0.15, -0.1) is 0 Å². The summed E-state index contributed by atoms with van der Waals surface area (Å²) in [6.07, 6.45) is 73.4. The smallest absolute Gasteiger partial charge is 0.306 e. The maximum atomic E-state index is 12.8. The van der Waals surface area contributed by atoms with Gasteiger partial charge in [0.25, 0.3) is 0 Å². The molecule has 0 amide bonds. The van der Waals surface area contributed by atoms with Crippen LogP contribution >= 0.6 is 0 Å². The normalized spacial score (nSPS) is 13.1. The van der Waals surface area contributed by atoms with E-state index in [1.165, 1.54) is 83.5 Å². The van der Waals surface area contributed by atoms with E-state index in [1.807, 2.05) is 48.6 Å². The molecule has 0 saturated carbocycles. The van der Waals surface area contributed by atoms with Crippen LogP contribution in [0.3, 0.4) is 0 Å². The van der Waals surface area contributed by atoms with E-state index in [4.69, 9.17) is 14.2 Å². The molecular weight excluding hydrogens is 817 g/mol. The molecule has 0 rings (SSSR count). The van der Waals surface area contributed by atoms with Gasteiger partial charge in [-0.2, -0.15) is 0 Å². The molecule has 66 heavy (non-hydrogen) atoms. The van der Waals surface area contributed by atoms with Gasteiger partial charge in [-0.05, 0) is 77.0 Å². The standard InChI is InChI=1S/C60H96O6/c1-4-7-10-13-16-19-22-25-27-29-30-31-33-35-38-41-44-47-50-53-59(62)65-56-57(55-64-58(61)52-49-46-43-40-37-34-24-21-18-15-12-9-6-3)66-60(63)54-51-48-45-42-39-36-32-28-26-23-20-17-14-11-8-5-2/h7,9-10,12,15-16,18-19,21,24-25,27,30-31,34-35,37-38,44,47,57H,4-6,8,11,13-14,17,20,22-23,26,28-29,32-33,36,39-43,45-46,48-56H2,1-3H3/b10-7+,12-9+,18-15+,19-16+,24-21+,27-25+,31-30+,37-34+,38-35+,47-44+. The fourth-order valence-electron chi connectivity index (χ4n) is 6.89. The van der Waals surface area contributed by atoms with E-state index in [9.17, 15) is 14.4 Å². The van der Waals surface area contributed by atoms with Crippen molar-refractivity contribution in [3.8, 4) is 0 Å². The van der Waals surface area contributed by atoms with Gasteiger partial charge in [0, 0.05) is 19.3 Å². The van der Waals surface area contributed by atoms with E-state index in [1.54, 1.807) is 0 Å². The Balaban J connectivity index is 4.55. The van der Waals surface area contributed by atoms with Crippen molar-refractivity contribution in [2.75, 3.05) is 13.2 Å². The maximum absolute atomic E-state index is 12.8. The second kappa shape index (κ2) is 53.4. The minimum Gasteiger partial charge on any atom is -0.462 e. The van der Waals surface area contributed by atoms with Crippen LogP contribution in [-0.2, 0) is 28.6 Å². The highest BCUT2D eigenvalue weighted by Crippen LogP contribution is 2.15. The van der Waals surface area contributed by atoms with E-state index in [-0.39, 0.29) is 37.5 Å². The van der Waals surface area contributed by atoms with Crippen LogP contribution in [0.1, 0.15) is 220 Å². The van der Waals surface area contributed by atoms with Crippen molar-refractivity contribution in [1.82, 2.24) is 0 Å². The molecule has 0 N–H and O–H groups in total. The predicted molar refractivity (Wildman–Crippen MR) is 283 cm³/mol. The summed E-state index contributed by atoms with van der Waals surface area (Å²) in [5, 5.41) is 0. The molecule has 0 heterocycles. The number of carbonyl (C=O) groups excluding carboxylic acids is 3. The predicted octanol–water partition coefficient (Wildman–Crippen LogP) is 17.7. The number of unbranched alkanes of at least 4 members (excludes halogenated alkanes) is 18. The fourth-order valence-corrected chi connectivity index (χ4v) is 6.89. The molecule has 0 aromatic carbocycles. The summed E-state index contributed by atoms with van der Waals surface area (Å²) < 4.78 is 16.7. The monoisotopic (exact) mass is 913 g/mol. The number of esters is 3. The second-order valence-corrected chi connectivity index (χ2v) is 17.1. The van der Waals surface area contributed by atoms with Crippen molar-refractivity contribution < 1.29 is 28.6 Å². The van der Waals surface area contributed by atoms with Crippen LogP contribution in [0.5, 0.6) is 0 Å². The first-order valence-corrected chi connectivity index (χ1v) is 26.6. The third kappa shape index (κ3) is 50.8. The summed E-state index contributed by atoms with van der Waals surface area (Å²) in [6.45, 7) is 6.28. The lowest BCUT2D eigenvalue weighted by molar-refractivity contribution is -0.166. The Morgan fingerprint density at radius 1 is 0.333 bits per heavy atom. The quantitative estimate of drug-likeness (QED) is 0.0199. The Morgan fingerprint density at radius 3 is 1.17 bits per heavy atom. The van der Waals surface area contributed by atoms with Gasteiger partial charge in [-0.3, -0.25) is 14.4 Å². The molecule has 0 spiro atoms. The highest BCUT2D eigenvalue weighted by molar-refractivity contribution is 5.71. The van der Waals surface area contributed by atoms with Crippen LogP contribution < -0.4 is 0 Å². The largest absolute Gasteiger partial charge is 0.462 e. The average molecular weight is 913 g/mol. The van der Waals surface area contributed by atoms with Gasteiger partial charge in [0.05, 0.1) is 0 Å².